The van der Waals surface area contributed by atoms with Gasteiger partial charge in [-0.2, -0.15) is 0 Å². The molecule has 2 heterocycles. The van der Waals surface area contributed by atoms with E-state index < -0.39 is 0 Å². The second-order valence-corrected chi connectivity index (χ2v) is 5.48. The third-order valence-corrected chi connectivity index (χ3v) is 3.94. The van der Waals surface area contributed by atoms with Crippen LogP contribution in [0, 0.1) is 6.92 Å². The molecular formula is C10H12N2S2. The Morgan fingerprint density at radius 2 is 2.36 bits per heavy atom. The number of nitrogens with two attached hydrogens (primary N) is 1. The van der Waals surface area contributed by atoms with Gasteiger partial charge in [0.1, 0.15) is 0 Å². The van der Waals surface area contributed by atoms with Gasteiger partial charge in [-0.05, 0) is 19.1 Å². The summed E-state index contributed by atoms with van der Waals surface area (Å²) in [6.07, 6.45) is 2.67. The molecule has 0 saturated carbocycles. The van der Waals surface area contributed by atoms with Crippen LogP contribution in [0.15, 0.2) is 23.7 Å². The number of nitrogens with zero attached hydrogens (tertiary/aromatic N) is 1. The summed E-state index contributed by atoms with van der Waals surface area (Å²) in [5.41, 5.74) is 6.08. The van der Waals surface area contributed by atoms with E-state index in [0.717, 1.165) is 11.4 Å². The lowest BCUT2D eigenvalue weighted by atomic mass is 10.2. The van der Waals surface area contributed by atoms with E-state index in [1.165, 1.54) is 9.75 Å². The fourth-order valence-electron chi connectivity index (χ4n) is 1.30. The summed E-state index contributed by atoms with van der Waals surface area (Å²) >= 11 is 3.44. The fraction of sp³-hybridized carbons (Fsp3) is 0.300. The monoisotopic (exact) mass is 224 g/mol. The highest BCUT2D eigenvalue weighted by Gasteiger charge is 2.10. The van der Waals surface area contributed by atoms with Crippen molar-refractivity contribution in [1.82, 2.24) is 4.98 Å². The first-order valence-corrected chi connectivity index (χ1v) is 6.15. The van der Waals surface area contributed by atoms with Crippen molar-refractivity contribution < 1.29 is 0 Å². The maximum atomic E-state index is 6.08. The SMILES string of the molecule is Cc1ccc(C(N)Cc2nccs2)s1. The van der Waals surface area contributed by atoms with Gasteiger partial charge in [0.05, 0.1) is 5.01 Å². The Morgan fingerprint density at radius 3 is 2.93 bits per heavy atom. The molecule has 2 N–H and O–H groups in total. The van der Waals surface area contributed by atoms with E-state index in [2.05, 4.69) is 24.0 Å². The van der Waals surface area contributed by atoms with Gasteiger partial charge >= 0.3 is 0 Å². The van der Waals surface area contributed by atoms with Crippen LogP contribution >= 0.6 is 22.7 Å². The molecule has 0 aliphatic carbocycles. The van der Waals surface area contributed by atoms with Gasteiger partial charge in [0.15, 0.2) is 0 Å². The predicted molar refractivity (Wildman–Crippen MR) is 61.8 cm³/mol. The first-order chi connectivity index (χ1) is 6.75. The standard InChI is InChI=1S/C10H12N2S2/c1-7-2-3-9(14-7)8(11)6-10-12-4-5-13-10/h2-5,8H,6,11H2,1H3. The maximum absolute atomic E-state index is 6.08. The van der Waals surface area contributed by atoms with Crippen LogP contribution in [0.25, 0.3) is 0 Å². The van der Waals surface area contributed by atoms with E-state index in [0.29, 0.717) is 0 Å². The third-order valence-electron chi connectivity index (χ3n) is 2.00. The fourth-order valence-corrected chi connectivity index (χ4v) is 2.85. The molecule has 2 aromatic rings. The van der Waals surface area contributed by atoms with Gasteiger partial charge in [-0.3, -0.25) is 0 Å². The molecule has 0 radical (unpaired) electrons. The molecule has 2 nitrogen and oxygen atoms in total. The maximum Gasteiger partial charge on any atom is 0.0944 e. The Balaban J connectivity index is 2.06. The van der Waals surface area contributed by atoms with E-state index in [9.17, 15) is 0 Å². The number of aryl methyl sites for hydroxylation is 1. The Bertz CT molecular complexity index is 392. The molecule has 0 fully saturated rings. The molecule has 0 aliphatic rings. The molecular weight excluding hydrogens is 212 g/mol. The second kappa shape index (κ2) is 4.21. The van der Waals surface area contributed by atoms with Crippen molar-refractivity contribution in [2.75, 3.05) is 0 Å². The molecule has 0 amide bonds. The Morgan fingerprint density at radius 1 is 1.50 bits per heavy atom. The number of hydrogen-bond donors (Lipinski definition) is 1. The van der Waals surface area contributed by atoms with Crippen LogP contribution in [0.1, 0.15) is 20.8 Å². The molecule has 2 rings (SSSR count). The smallest absolute Gasteiger partial charge is 0.0944 e. The van der Waals surface area contributed by atoms with Crippen LogP contribution in [0.4, 0.5) is 0 Å². The molecule has 0 spiro atoms. The van der Waals surface area contributed by atoms with E-state index in [1.807, 2.05) is 11.6 Å². The summed E-state index contributed by atoms with van der Waals surface area (Å²) in [5.74, 6) is 0. The van der Waals surface area contributed by atoms with Crippen LogP contribution in [-0.2, 0) is 6.42 Å². The second-order valence-electron chi connectivity index (χ2n) is 3.18. The number of thiazole rings is 1. The number of hydrogen-bond acceptors (Lipinski definition) is 4. The molecule has 2 aromatic heterocycles. The van der Waals surface area contributed by atoms with Crippen LogP contribution in [0.2, 0.25) is 0 Å². The van der Waals surface area contributed by atoms with Crippen LogP contribution < -0.4 is 5.73 Å². The first kappa shape index (κ1) is 9.83. The normalized spacial score (nSPS) is 13.0. The van der Waals surface area contributed by atoms with E-state index in [-0.39, 0.29) is 6.04 Å². The van der Waals surface area contributed by atoms with Crippen molar-refractivity contribution >= 4 is 22.7 Å². The number of aromatic nitrogens is 1. The molecule has 14 heavy (non-hydrogen) atoms. The van der Waals surface area contributed by atoms with Crippen molar-refractivity contribution in [1.29, 1.82) is 0 Å². The average Bonchev–Trinajstić information content (AvgIpc) is 2.75. The molecule has 1 atom stereocenters. The van der Waals surface area contributed by atoms with Crippen molar-refractivity contribution in [3.05, 3.63) is 38.5 Å². The summed E-state index contributed by atoms with van der Waals surface area (Å²) < 4.78 is 0. The van der Waals surface area contributed by atoms with Crippen LogP contribution in [0.5, 0.6) is 0 Å². The average molecular weight is 224 g/mol. The van der Waals surface area contributed by atoms with Crippen molar-refractivity contribution in [2.24, 2.45) is 5.73 Å². The minimum Gasteiger partial charge on any atom is -0.323 e. The Labute approximate surface area is 91.4 Å². The quantitative estimate of drug-likeness (QED) is 0.870. The summed E-state index contributed by atoms with van der Waals surface area (Å²) in [6.45, 7) is 2.10. The zero-order valence-corrected chi connectivity index (χ0v) is 9.57. The third kappa shape index (κ3) is 2.20. The highest BCUT2D eigenvalue weighted by molar-refractivity contribution is 7.12. The van der Waals surface area contributed by atoms with Gasteiger partial charge in [-0.1, -0.05) is 0 Å². The molecule has 4 heteroatoms. The minimum atomic E-state index is 0.0971. The highest BCUT2D eigenvalue weighted by Crippen LogP contribution is 2.24. The van der Waals surface area contributed by atoms with Crippen LogP contribution in [-0.4, -0.2) is 4.98 Å². The van der Waals surface area contributed by atoms with Gasteiger partial charge in [0.25, 0.3) is 0 Å². The van der Waals surface area contributed by atoms with Gasteiger partial charge in [0.2, 0.25) is 0 Å². The van der Waals surface area contributed by atoms with Gasteiger partial charge in [-0.15, -0.1) is 22.7 Å². The van der Waals surface area contributed by atoms with Gasteiger partial charge in [-0.25, -0.2) is 4.98 Å². The molecule has 0 bridgehead atoms. The zero-order valence-electron chi connectivity index (χ0n) is 7.93. The van der Waals surface area contributed by atoms with E-state index >= 15 is 0 Å². The summed E-state index contributed by atoms with van der Waals surface area (Å²) in [7, 11) is 0. The highest BCUT2D eigenvalue weighted by atomic mass is 32.1. The molecule has 0 aromatic carbocycles. The molecule has 0 saturated heterocycles. The van der Waals surface area contributed by atoms with E-state index in [4.69, 9.17) is 5.73 Å². The summed E-state index contributed by atoms with van der Waals surface area (Å²) in [5, 5.41) is 3.10. The summed E-state index contributed by atoms with van der Waals surface area (Å²) in [6, 6.07) is 4.32. The van der Waals surface area contributed by atoms with E-state index in [1.54, 1.807) is 22.7 Å². The molecule has 0 aliphatic heterocycles. The lowest BCUT2D eigenvalue weighted by molar-refractivity contribution is 0.732. The molecule has 1 unspecified atom stereocenters. The summed E-state index contributed by atoms with van der Waals surface area (Å²) in [4.78, 5) is 6.79. The lowest BCUT2D eigenvalue weighted by Gasteiger charge is -2.06. The largest absolute Gasteiger partial charge is 0.323 e. The van der Waals surface area contributed by atoms with Gasteiger partial charge < -0.3 is 5.73 Å². The van der Waals surface area contributed by atoms with Crippen molar-refractivity contribution in [3.8, 4) is 0 Å². The van der Waals surface area contributed by atoms with Crippen molar-refractivity contribution in [2.45, 2.75) is 19.4 Å². The zero-order chi connectivity index (χ0) is 9.97. The van der Waals surface area contributed by atoms with Crippen molar-refractivity contribution in [3.63, 3.8) is 0 Å². The Kier molecular flexibility index (Phi) is 2.96. The Hall–Kier alpha value is -0.710. The minimum absolute atomic E-state index is 0.0971. The number of rotatable bonds is 3. The lowest BCUT2D eigenvalue weighted by Crippen LogP contribution is -2.11. The van der Waals surface area contributed by atoms with Gasteiger partial charge in [0, 0.05) is 33.8 Å². The topological polar surface area (TPSA) is 38.9 Å². The number of thiophene rings is 1. The van der Waals surface area contributed by atoms with Crippen LogP contribution in [0.3, 0.4) is 0 Å². The predicted octanol–water partition coefficient (Wildman–Crippen LogP) is 2.76. The molecule has 74 valence electrons. The first-order valence-electron chi connectivity index (χ1n) is 4.46.